The minimum atomic E-state index is -2.96. The lowest BCUT2D eigenvalue weighted by Gasteiger charge is -2.27. The number of aromatic nitrogens is 4. The van der Waals surface area contributed by atoms with Crippen molar-refractivity contribution in [3.63, 3.8) is 0 Å². The molecule has 6 rings (SSSR count). The van der Waals surface area contributed by atoms with Crippen molar-refractivity contribution < 1.29 is 23.4 Å². The van der Waals surface area contributed by atoms with E-state index in [9.17, 15) is 18.7 Å². The molecule has 10 heteroatoms. The number of benzene rings is 2. The summed E-state index contributed by atoms with van der Waals surface area (Å²) in [7, 11) is 0. The summed E-state index contributed by atoms with van der Waals surface area (Å²) >= 11 is 0. The van der Waals surface area contributed by atoms with Gasteiger partial charge in [-0.3, -0.25) is 4.79 Å². The van der Waals surface area contributed by atoms with Gasteiger partial charge >= 0.3 is 6.61 Å². The molecule has 0 spiro atoms. The lowest BCUT2D eigenvalue weighted by molar-refractivity contribution is -0.132. The number of imidazole rings is 1. The number of rotatable bonds is 4. The number of hydrogen-bond donors (Lipinski definition) is 1. The number of carbonyl (C=O) groups is 1. The first-order valence-corrected chi connectivity index (χ1v) is 12.0. The van der Waals surface area contributed by atoms with Crippen molar-refractivity contribution in [1.82, 2.24) is 24.4 Å². The molecule has 4 heterocycles. The van der Waals surface area contributed by atoms with E-state index < -0.39 is 12.2 Å². The topological polar surface area (TPSA) is 93.4 Å². The second-order valence-electron chi connectivity index (χ2n) is 10.0. The molecule has 0 saturated carbocycles. The Labute approximate surface area is 211 Å². The lowest BCUT2D eigenvalue weighted by Crippen LogP contribution is -2.31. The molecule has 2 aliphatic rings. The van der Waals surface area contributed by atoms with Crippen LogP contribution >= 0.6 is 0 Å². The van der Waals surface area contributed by atoms with E-state index in [2.05, 4.69) is 9.97 Å². The van der Waals surface area contributed by atoms with E-state index in [1.165, 1.54) is 6.92 Å². The maximum atomic E-state index is 13.3. The molecule has 8 nitrogen and oxygen atoms in total. The summed E-state index contributed by atoms with van der Waals surface area (Å²) in [5.74, 6) is 1.05. The van der Waals surface area contributed by atoms with Gasteiger partial charge in [0.05, 0.1) is 23.1 Å². The molecule has 2 atom stereocenters. The monoisotopic (exact) mass is 505 g/mol. The van der Waals surface area contributed by atoms with Crippen molar-refractivity contribution >= 4 is 16.9 Å². The number of hydrogen-bond acceptors (Lipinski definition) is 6. The van der Waals surface area contributed by atoms with Crippen LogP contribution in [-0.4, -0.2) is 42.0 Å². The first-order valence-electron chi connectivity index (χ1n) is 12.0. The Hall–Kier alpha value is -3.92. The molecule has 1 amide bonds. The number of halogens is 2. The van der Waals surface area contributed by atoms with Crippen molar-refractivity contribution in [3.8, 4) is 16.9 Å². The van der Waals surface area contributed by atoms with E-state index in [0.29, 0.717) is 24.4 Å². The molecule has 0 aliphatic carbocycles. The van der Waals surface area contributed by atoms with Crippen LogP contribution in [0, 0.1) is 0 Å². The highest BCUT2D eigenvalue weighted by atomic mass is 19.3. The van der Waals surface area contributed by atoms with Gasteiger partial charge in [0.25, 0.3) is 0 Å². The highest BCUT2D eigenvalue weighted by molar-refractivity contribution is 5.84. The Morgan fingerprint density at radius 1 is 1.14 bits per heavy atom. The fourth-order valence-corrected chi connectivity index (χ4v) is 5.51. The van der Waals surface area contributed by atoms with E-state index in [1.807, 2.05) is 28.8 Å². The van der Waals surface area contributed by atoms with Crippen molar-refractivity contribution in [2.75, 3.05) is 0 Å². The molecule has 0 unspecified atom stereocenters. The molecular weight excluding hydrogens is 480 g/mol. The number of nitrogens with zero attached hydrogens (tertiary/aromatic N) is 5. The van der Waals surface area contributed by atoms with Crippen LogP contribution in [0.25, 0.3) is 22.2 Å². The third-order valence-electron chi connectivity index (χ3n) is 7.13. The van der Waals surface area contributed by atoms with Crippen LogP contribution in [0.1, 0.15) is 62.1 Å². The molecule has 4 aromatic rings. The van der Waals surface area contributed by atoms with Gasteiger partial charge in [-0.15, -0.1) is 0 Å². The first kappa shape index (κ1) is 23.5. The van der Waals surface area contributed by atoms with Crippen LogP contribution < -0.4 is 4.74 Å². The van der Waals surface area contributed by atoms with E-state index >= 15 is 0 Å². The third-order valence-corrected chi connectivity index (χ3v) is 7.13. The zero-order valence-electron chi connectivity index (χ0n) is 20.5. The van der Waals surface area contributed by atoms with Crippen LogP contribution in [0.4, 0.5) is 8.78 Å². The van der Waals surface area contributed by atoms with Crippen LogP contribution in [0.2, 0.25) is 0 Å². The second kappa shape index (κ2) is 8.31. The largest absolute Gasteiger partial charge is 0.434 e. The highest BCUT2D eigenvalue weighted by Gasteiger charge is 2.44. The highest BCUT2D eigenvalue weighted by Crippen LogP contribution is 2.50. The van der Waals surface area contributed by atoms with Crippen LogP contribution in [0.15, 0.2) is 48.8 Å². The molecule has 37 heavy (non-hydrogen) atoms. The summed E-state index contributed by atoms with van der Waals surface area (Å²) in [4.78, 5) is 27.9. The van der Waals surface area contributed by atoms with Crippen molar-refractivity contribution in [2.45, 2.75) is 58.0 Å². The summed E-state index contributed by atoms with van der Waals surface area (Å²) in [6, 6.07) is 10.2. The predicted molar refractivity (Wildman–Crippen MR) is 131 cm³/mol. The summed E-state index contributed by atoms with van der Waals surface area (Å²) < 4.78 is 33.7. The fourth-order valence-electron chi connectivity index (χ4n) is 5.51. The Balaban J connectivity index is 1.53. The Bertz CT molecular complexity index is 1530. The Morgan fingerprint density at radius 2 is 1.89 bits per heavy atom. The van der Waals surface area contributed by atoms with Crippen molar-refractivity contribution in [3.05, 3.63) is 71.6 Å². The van der Waals surface area contributed by atoms with Gasteiger partial charge < -0.3 is 19.3 Å². The number of fused-ring (bicyclic) bond motifs is 9. The average Bonchev–Trinajstić information content (AvgIpc) is 3.32. The van der Waals surface area contributed by atoms with Crippen LogP contribution in [0.3, 0.4) is 0 Å². The third kappa shape index (κ3) is 3.83. The zero-order chi connectivity index (χ0) is 26.1. The van der Waals surface area contributed by atoms with Crippen LogP contribution in [-0.2, 0) is 16.9 Å². The standard InChI is InChI=1S/C27H25F2N5O3/c1-14(35)33-13-16-5-4-6-22(37-26(28)29)23(16)20-10-21(33)24-32-18-8-7-15(9-19(18)34(20)24)17-11-30-25(31-12-17)27(2,3)36/h4-9,11-12,20-21,26,36H,10,13H2,1-3H3/t20-,21-/m1/s1. The van der Waals surface area contributed by atoms with Gasteiger partial charge in [-0.05, 0) is 43.2 Å². The molecule has 0 radical (unpaired) electrons. The van der Waals surface area contributed by atoms with E-state index in [-0.39, 0.29) is 23.7 Å². The van der Waals surface area contributed by atoms with Crippen molar-refractivity contribution in [1.29, 1.82) is 0 Å². The SMILES string of the molecule is CC(=O)N1Cc2cccc(OC(F)F)c2[C@H]2C[C@@H]1c1nc3ccc(-c4cnc(C(C)(C)O)nc4)cc3n12. The smallest absolute Gasteiger partial charge is 0.387 e. The molecule has 2 aliphatic heterocycles. The fraction of sp³-hybridized carbons (Fsp3) is 0.333. The quantitative estimate of drug-likeness (QED) is 0.432. The molecule has 0 fully saturated rings. The molecule has 0 saturated heterocycles. The number of carbonyl (C=O) groups excluding carboxylic acids is 1. The molecule has 190 valence electrons. The maximum Gasteiger partial charge on any atom is 0.387 e. The first-order chi connectivity index (χ1) is 17.6. The molecule has 2 aromatic carbocycles. The summed E-state index contributed by atoms with van der Waals surface area (Å²) in [5.41, 5.74) is 3.43. The van der Waals surface area contributed by atoms with Gasteiger partial charge in [0.2, 0.25) is 5.91 Å². The number of ether oxygens (including phenoxy) is 1. The Morgan fingerprint density at radius 3 is 2.57 bits per heavy atom. The van der Waals surface area contributed by atoms with E-state index in [0.717, 1.165) is 33.5 Å². The number of aliphatic hydroxyl groups is 1. The molecule has 2 aromatic heterocycles. The van der Waals surface area contributed by atoms with Gasteiger partial charge in [-0.1, -0.05) is 18.2 Å². The second-order valence-corrected chi connectivity index (χ2v) is 10.0. The van der Waals surface area contributed by atoms with E-state index in [1.54, 1.807) is 43.3 Å². The van der Waals surface area contributed by atoms with Gasteiger partial charge in [-0.2, -0.15) is 8.78 Å². The average molecular weight is 506 g/mol. The summed E-state index contributed by atoms with van der Waals surface area (Å²) in [6.45, 7) is 2.09. The minimum Gasteiger partial charge on any atom is -0.434 e. The molecular formula is C27H25F2N5O3. The van der Waals surface area contributed by atoms with Gasteiger partial charge in [-0.25, -0.2) is 15.0 Å². The predicted octanol–water partition coefficient (Wildman–Crippen LogP) is 4.72. The maximum absolute atomic E-state index is 13.3. The van der Waals surface area contributed by atoms with Crippen molar-refractivity contribution in [2.24, 2.45) is 0 Å². The molecule has 1 N–H and O–H groups in total. The van der Waals surface area contributed by atoms with Gasteiger partial charge in [0.15, 0.2) is 5.82 Å². The Kier molecular flexibility index (Phi) is 5.27. The zero-order valence-corrected chi connectivity index (χ0v) is 20.5. The normalized spacial score (nSPS) is 18.6. The van der Waals surface area contributed by atoms with E-state index in [4.69, 9.17) is 9.72 Å². The van der Waals surface area contributed by atoms with Gasteiger partial charge in [0.1, 0.15) is 17.2 Å². The lowest BCUT2D eigenvalue weighted by atomic mass is 9.98. The number of amides is 1. The summed E-state index contributed by atoms with van der Waals surface area (Å²) in [6.07, 6.45) is 3.84. The summed E-state index contributed by atoms with van der Waals surface area (Å²) in [5, 5.41) is 10.2. The van der Waals surface area contributed by atoms with Gasteiger partial charge in [0, 0.05) is 43.4 Å². The van der Waals surface area contributed by atoms with Crippen LogP contribution in [0.5, 0.6) is 5.75 Å². The minimum absolute atomic E-state index is 0.109. The molecule has 2 bridgehead atoms. The number of alkyl halides is 2.